The van der Waals surface area contributed by atoms with Gasteiger partial charge in [-0.1, -0.05) is 40.5 Å². The number of aromatic amines is 1. The molecule has 29 heteroatoms. The van der Waals surface area contributed by atoms with Gasteiger partial charge < -0.3 is 82.1 Å². The highest BCUT2D eigenvalue weighted by Gasteiger charge is 2.45. The molecule has 462 valence electrons. The van der Waals surface area contributed by atoms with Gasteiger partial charge in [-0.15, -0.1) is 0 Å². The lowest BCUT2D eigenvalue weighted by Crippen LogP contribution is -2.61. The van der Waals surface area contributed by atoms with Gasteiger partial charge in [0.05, 0.1) is 72.4 Å². The number of hydrogen-bond donors (Lipinski definition) is 12. The molecule has 1 aromatic heterocycles. The summed E-state index contributed by atoms with van der Waals surface area (Å²) in [6.45, 7) is 6.00. The van der Waals surface area contributed by atoms with Crippen LogP contribution in [0.3, 0.4) is 0 Å². The SMILES string of the molecule is CCCC(=O)Nc1c(OC(=O)N2CCC(N3CCCCC3)CC2)ccc2c3c([nH]c12)S(=O)C[C@@H]1NC(=O)CNC(=O)[C@@H]([C@@H](C)CC)NC(=O)CNC(=O)[C@H](C3)NC(=O)[C@H](C(C)C(O)CO)NC(=O)[C@@H]2C[C@@H](O)CN2C(=O)[C@H](CC(=O)O)CC1=O. The first kappa shape index (κ1) is 64.5. The molecule has 84 heavy (non-hydrogen) atoms. The number of H-pyrrole nitrogens is 1. The maximum atomic E-state index is 15.4. The Kier molecular flexibility index (Phi) is 22.4. The number of hydrogen-bond acceptors (Lipinski definition) is 17. The number of fused-ring (bicyclic) bond motifs is 5. The number of nitrogens with one attached hydrogen (secondary N) is 8. The average molecular weight is 1200 g/mol. The molecule has 0 aliphatic carbocycles. The molecular formula is C55H79N11O17S. The number of ether oxygens (including phenoxy) is 1. The summed E-state index contributed by atoms with van der Waals surface area (Å²) in [5, 5.41) is 59.6. The topological polar surface area (TPSA) is 405 Å². The molecule has 2 bridgehead atoms. The molecule has 28 nitrogen and oxygen atoms in total. The van der Waals surface area contributed by atoms with E-state index in [0.29, 0.717) is 38.8 Å². The number of ketones is 1. The Bertz CT molecular complexity index is 2850. The number of carboxylic acids is 1. The van der Waals surface area contributed by atoms with Gasteiger partial charge in [-0.05, 0) is 68.8 Å². The van der Waals surface area contributed by atoms with Crippen molar-refractivity contribution in [3.63, 3.8) is 0 Å². The van der Waals surface area contributed by atoms with Crippen LogP contribution in [0.15, 0.2) is 17.2 Å². The molecule has 3 saturated heterocycles. The van der Waals surface area contributed by atoms with Crippen molar-refractivity contribution in [1.29, 1.82) is 0 Å². The normalized spacial score (nSPS) is 27.2. The first-order valence-corrected chi connectivity index (χ1v) is 30.2. The number of nitrogens with zero attached hydrogens (tertiary/aromatic N) is 3. The van der Waals surface area contributed by atoms with Crippen LogP contribution >= 0.6 is 0 Å². The van der Waals surface area contributed by atoms with E-state index in [1.54, 1.807) is 25.7 Å². The van der Waals surface area contributed by atoms with E-state index < -0.39 is 194 Å². The highest BCUT2D eigenvalue weighted by atomic mass is 32.2. The van der Waals surface area contributed by atoms with Crippen molar-refractivity contribution in [1.82, 2.24) is 51.6 Å². The summed E-state index contributed by atoms with van der Waals surface area (Å²) >= 11 is 0. The fourth-order valence-corrected chi connectivity index (χ4v) is 12.9. The lowest BCUT2D eigenvalue weighted by Gasteiger charge is -2.39. The summed E-state index contributed by atoms with van der Waals surface area (Å²) in [5.74, 6) is -15.1. The summed E-state index contributed by atoms with van der Waals surface area (Å²) < 4.78 is 21.5. The van der Waals surface area contributed by atoms with E-state index in [1.165, 1.54) is 25.5 Å². The maximum absolute atomic E-state index is 15.4. The molecule has 0 saturated carbocycles. The van der Waals surface area contributed by atoms with Crippen LogP contribution in [0.25, 0.3) is 10.9 Å². The Morgan fingerprint density at radius 3 is 2.15 bits per heavy atom. The van der Waals surface area contributed by atoms with Gasteiger partial charge in [0.2, 0.25) is 47.3 Å². The van der Waals surface area contributed by atoms with Gasteiger partial charge in [0, 0.05) is 62.7 Å². The Morgan fingerprint density at radius 1 is 0.821 bits per heavy atom. The van der Waals surface area contributed by atoms with Crippen molar-refractivity contribution in [2.75, 3.05) is 63.5 Å². The van der Waals surface area contributed by atoms with Crippen LogP contribution in [0, 0.1) is 17.8 Å². The Morgan fingerprint density at radius 2 is 1.50 bits per heavy atom. The standard InChI is InChI=1S/C55H79N11O17S/c1-5-10-41(71)60-48-40(83-55(81)65-17-13-31(14-18-65)64-15-8-7-9-16-64)12-11-33-34-22-35-49(76)56-24-43(73)61-45(28(3)6-2)51(78)57-23-42(72)58-36(27-84(82)53(34)63-47(33)48)38(69)19-30(20-44(74)75)54(80)66-25-32(68)21-37(66)50(77)62-46(52(79)59-35)29(4)39(70)26-67/h11-12,28-32,35-37,39,45-46,63,67-68,70H,5-10,13-27H2,1-4H3,(H,56,76)(H,57,78)(H,58,72)(H,59,79)(H,60,71)(H,61,73)(H,62,77)(H,74,75)/t28-,29?,30-,32+,35-,36-,37-,39?,45+,46-,84?/m0/s1. The first-order chi connectivity index (χ1) is 40.0. The van der Waals surface area contributed by atoms with Gasteiger partial charge in [-0.3, -0.25) is 52.2 Å². The van der Waals surface area contributed by atoms with Gasteiger partial charge in [0.15, 0.2) is 11.5 Å². The molecule has 3 unspecified atom stereocenters. The molecule has 12 N–H and O–H groups in total. The number of likely N-dealkylation sites (tertiary alicyclic amines) is 2. The molecule has 5 aliphatic rings. The number of aliphatic hydroxyl groups excluding tert-OH is 3. The van der Waals surface area contributed by atoms with E-state index in [0.717, 1.165) is 30.8 Å². The van der Waals surface area contributed by atoms with Crippen LogP contribution < -0.4 is 42.0 Å². The highest BCUT2D eigenvalue weighted by Crippen LogP contribution is 2.39. The Labute approximate surface area is 487 Å². The summed E-state index contributed by atoms with van der Waals surface area (Å²) in [7, 11) is -2.56. The van der Waals surface area contributed by atoms with Crippen LogP contribution in [-0.4, -0.2) is 216 Å². The van der Waals surface area contributed by atoms with Crippen molar-refractivity contribution in [3.8, 4) is 5.75 Å². The largest absolute Gasteiger partial charge is 0.481 e. The smallest absolute Gasteiger partial charge is 0.415 e. The van der Waals surface area contributed by atoms with Crippen molar-refractivity contribution >= 4 is 92.5 Å². The molecule has 2 aromatic rings. The zero-order chi connectivity index (χ0) is 61.1. The quantitative estimate of drug-likeness (QED) is 0.112. The summed E-state index contributed by atoms with van der Waals surface area (Å²) in [6.07, 6.45) is -1.48. The van der Waals surface area contributed by atoms with Gasteiger partial charge in [0.1, 0.15) is 34.9 Å². The number of rotatable bonds is 12. The molecule has 5 aliphatic heterocycles. The van der Waals surface area contributed by atoms with Gasteiger partial charge >= 0.3 is 12.1 Å². The van der Waals surface area contributed by atoms with Crippen molar-refractivity contribution in [3.05, 3.63) is 17.7 Å². The Balaban J connectivity index is 1.41. The maximum Gasteiger partial charge on any atom is 0.415 e. The van der Waals surface area contributed by atoms with E-state index in [-0.39, 0.29) is 45.4 Å². The number of aliphatic hydroxyl groups is 3. The van der Waals surface area contributed by atoms with Crippen molar-refractivity contribution in [2.45, 2.75) is 158 Å². The minimum absolute atomic E-state index is 0.0182. The number of carboxylic acid groups (broad SMARTS) is 1. The number of aliphatic carboxylic acids is 1. The molecule has 9 amide bonds. The first-order valence-electron chi connectivity index (χ1n) is 28.8. The van der Waals surface area contributed by atoms with Crippen LogP contribution in [0.4, 0.5) is 10.5 Å². The number of benzene rings is 1. The lowest BCUT2D eigenvalue weighted by atomic mass is 9.93. The van der Waals surface area contributed by atoms with E-state index >= 15 is 4.21 Å². The number of carbonyl (C=O) groups excluding carboxylic acids is 10. The molecular weight excluding hydrogens is 1120 g/mol. The number of aromatic nitrogens is 1. The lowest BCUT2D eigenvalue weighted by molar-refractivity contribution is -0.148. The van der Waals surface area contributed by atoms with Gasteiger partial charge in [-0.25, -0.2) is 4.79 Å². The predicted molar refractivity (Wildman–Crippen MR) is 300 cm³/mol. The van der Waals surface area contributed by atoms with E-state index in [1.807, 2.05) is 0 Å². The second-order valence-electron chi connectivity index (χ2n) is 22.5. The molecule has 11 atom stereocenters. The fourth-order valence-electron chi connectivity index (χ4n) is 11.5. The van der Waals surface area contributed by atoms with Gasteiger partial charge in [-0.2, -0.15) is 0 Å². The molecule has 1 aromatic carbocycles. The van der Waals surface area contributed by atoms with Crippen molar-refractivity contribution in [2.24, 2.45) is 17.8 Å². The van der Waals surface area contributed by atoms with E-state index in [4.69, 9.17) is 4.74 Å². The molecule has 3 fully saturated rings. The second-order valence-corrected chi connectivity index (χ2v) is 23.9. The van der Waals surface area contributed by atoms with E-state index in [2.05, 4.69) is 47.1 Å². The zero-order valence-electron chi connectivity index (χ0n) is 47.7. The fraction of sp³-hybridized carbons (Fsp3) is 0.655. The third-order valence-electron chi connectivity index (χ3n) is 16.5. The minimum atomic E-state index is -2.56. The van der Waals surface area contributed by atoms with Crippen molar-refractivity contribution < 1.29 is 82.1 Å². The van der Waals surface area contributed by atoms with E-state index in [9.17, 15) is 73.2 Å². The molecule has 0 radical (unpaired) electrons. The summed E-state index contributed by atoms with van der Waals surface area (Å²) in [6, 6.07) is -5.40. The van der Waals surface area contributed by atoms with Crippen LogP contribution in [0.1, 0.15) is 104 Å². The zero-order valence-corrected chi connectivity index (χ0v) is 48.5. The average Bonchev–Trinajstić information content (AvgIpc) is 2.36. The number of anilines is 1. The predicted octanol–water partition coefficient (Wildman–Crippen LogP) is -1.75. The molecule has 0 spiro atoms. The minimum Gasteiger partial charge on any atom is -0.481 e. The molecule has 7 rings (SSSR count). The monoisotopic (exact) mass is 1200 g/mol. The van der Waals surface area contributed by atoms with Crippen LogP contribution in [0.2, 0.25) is 0 Å². The summed E-state index contributed by atoms with van der Waals surface area (Å²) in [5.41, 5.74) is -0.188. The number of amides is 9. The third-order valence-corrected chi connectivity index (χ3v) is 18.0. The Hall–Kier alpha value is -7.08. The molecule has 6 heterocycles. The summed E-state index contributed by atoms with van der Waals surface area (Å²) in [4.78, 5) is 163. The third kappa shape index (κ3) is 15.8. The van der Waals surface area contributed by atoms with Crippen LogP contribution in [0.5, 0.6) is 5.75 Å². The highest BCUT2D eigenvalue weighted by molar-refractivity contribution is 7.85. The second kappa shape index (κ2) is 29.1. The van der Waals surface area contributed by atoms with Gasteiger partial charge in [0.25, 0.3) is 0 Å². The number of carbonyl (C=O) groups is 11. The number of Topliss-reactive ketones (excluding diaryl/α,β-unsaturated/α-hetero) is 1. The number of piperidine rings is 2. The van der Waals surface area contributed by atoms with Crippen LogP contribution in [-0.2, 0) is 65.2 Å².